The molecule has 0 amide bonds. The Hall–Kier alpha value is -0.840. The first-order chi connectivity index (χ1) is 9.72. The van der Waals surface area contributed by atoms with E-state index in [2.05, 4.69) is 16.3 Å². The molecule has 1 heterocycles. The van der Waals surface area contributed by atoms with Gasteiger partial charge >= 0.3 is 0 Å². The molecule has 0 unspecified atom stereocenters. The zero-order valence-electron chi connectivity index (χ0n) is 12.8. The molecule has 0 spiro atoms. The minimum absolute atomic E-state index is 0. The van der Waals surface area contributed by atoms with Crippen molar-refractivity contribution < 1.29 is 9.13 Å². The Labute approximate surface area is 133 Å². The van der Waals surface area contributed by atoms with Crippen molar-refractivity contribution >= 4 is 12.4 Å². The standard InChI is InChI=1S/C16H25FN2O.ClH/c1-13(2)20-16-6-4-3-5-14(16)15(7-8-17)19-11-9-18-10-12-19;/h3-6,13,15,18H,7-12H2,1-2H3;1H/t15-;/m1./s1. The number of rotatable bonds is 6. The molecule has 1 N–H and O–H groups in total. The van der Waals surface area contributed by atoms with Crippen LogP contribution in [-0.2, 0) is 0 Å². The Balaban J connectivity index is 0.00000220. The van der Waals surface area contributed by atoms with Crippen molar-refractivity contribution in [3.05, 3.63) is 29.8 Å². The van der Waals surface area contributed by atoms with Gasteiger partial charge in [-0.25, -0.2) is 0 Å². The van der Waals surface area contributed by atoms with Gasteiger partial charge in [-0.3, -0.25) is 9.29 Å². The number of benzene rings is 1. The van der Waals surface area contributed by atoms with E-state index in [-0.39, 0.29) is 31.2 Å². The third kappa shape index (κ3) is 5.13. The molecule has 120 valence electrons. The average molecular weight is 317 g/mol. The van der Waals surface area contributed by atoms with E-state index in [0.29, 0.717) is 6.42 Å². The molecule has 2 rings (SSSR count). The molecule has 1 aliphatic rings. The molecule has 0 aliphatic carbocycles. The molecule has 1 saturated heterocycles. The summed E-state index contributed by atoms with van der Waals surface area (Å²) in [6, 6.07) is 8.15. The zero-order chi connectivity index (χ0) is 14.4. The minimum atomic E-state index is -0.301. The maximum atomic E-state index is 13.0. The monoisotopic (exact) mass is 316 g/mol. The molecule has 1 atom stereocenters. The number of halogens is 2. The van der Waals surface area contributed by atoms with E-state index < -0.39 is 0 Å². The van der Waals surface area contributed by atoms with Crippen LogP contribution in [0.5, 0.6) is 5.75 Å². The number of nitrogens with one attached hydrogen (secondary N) is 1. The third-order valence-electron chi connectivity index (χ3n) is 3.62. The molecule has 0 saturated carbocycles. The molecular formula is C16H26ClFN2O. The number of para-hydroxylation sites is 1. The molecule has 1 aromatic rings. The molecule has 1 fully saturated rings. The van der Waals surface area contributed by atoms with Gasteiger partial charge in [0.2, 0.25) is 0 Å². The van der Waals surface area contributed by atoms with Crippen LogP contribution in [0.25, 0.3) is 0 Å². The fourth-order valence-corrected chi connectivity index (χ4v) is 2.75. The van der Waals surface area contributed by atoms with E-state index in [1.54, 1.807) is 0 Å². The first-order valence-electron chi connectivity index (χ1n) is 7.48. The second kappa shape index (κ2) is 9.23. The van der Waals surface area contributed by atoms with Gasteiger partial charge in [0.25, 0.3) is 0 Å². The Morgan fingerprint density at radius 3 is 2.52 bits per heavy atom. The second-order valence-electron chi connectivity index (χ2n) is 5.48. The number of hydrogen-bond donors (Lipinski definition) is 1. The summed E-state index contributed by atoms with van der Waals surface area (Å²) in [6.07, 6.45) is 0.656. The lowest BCUT2D eigenvalue weighted by molar-refractivity contribution is 0.150. The molecular weight excluding hydrogens is 291 g/mol. The highest BCUT2D eigenvalue weighted by Gasteiger charge is 2.24. The number of piperazine rings is 1. The lowest BCUT2D eigenvalue weighted by atomic mass is 10.0. The van der Waals surface area contributed by atoms with Gasteiger partial charge in [-0.05, 0) is 26.3 Å². The molecule has 1 aliphatic heterocycles. The summed E-state index contributed by atoms with van der Waals surface area (Å²) in [5, 5.41) is 3.34. The van der Waals surface area contributed by atoms with Gasteiger partial charge in [0.1, 0.15) is 5.75 Å². The number of hydrogen-bond acceptors (Lipinski definition) is 3. The molecule has 3 nitrogen and oxygen atoms in total. The smallest absolute Gasteiger partial charge is 0.124 e. The van der Waals surface area contributed by atoms with E-state index in [1.165, 1.54) is 0 Å². The highest BCUT2D eigenvalue weighted by atomic mass is 35.5. The van der Waals surface area contributed by atoms with Crippen LogP contribution in [0, 0.1) is 0 Å². The molecule has 1 aromatic carbocycles. The van der Waals surface area contributed by atoms with Crippen LogP contribution in [0.3, 0.4) is 0 Å². The Bertz CT molecular complexity index is 411. The SMILES string of the molecule is CC(C)Oc1ccccc1[C@@H](CCF)N1CCNCC1.Cl. The molecule has 0 bridgehead atoms. The van der Waals surface area contributed by atoms with E-state index >= 15 is 0 Å². The summed E-state index contributed by atoms with van der Waals surface area (Å²) in [6.45, 7) is 7.59. The zero-order valence-corrected chi connectivity index (χ0v) is 13.7. The van der Waals surface area contributed by atoms with Gasteiger partial charge in [-0.15, -0.1) is 12.4 Å². The second-order valence-corrected chi connectivity index (χ2v) is 5.48. The quantitative estimate of drug-likeness (QED) is 0.872. The lowest BCUT2D eigenvalue weighted by Crippen LogP contribution is -2.45. The predicted molar refractivity (Wildman–Crippen MR) is 87.2 cm³/mol. The van der Waals surface area contributed by atoms with Crippen LogP contribution in [0.4, 0.5) is 4.39 Å². The highest BCUT2D eigenvalue weighted by molar-refractivity contribution is 5.85. The summed E-state index contributed by atoms with van der Waals surface area (Å²) >= 11 is 0. The molecule has 0 aromatic heterocycles. The molecule has 0 radical (unpaired) electrons. The van der Waals surface area contributed by atoms with Gasteiger partial charge in [-0.2, -0.15) is 0 Å². The Morgan fingerprint density at radius 2 is 1.90 bits per heavy atom. The maximum Gasteiger partial charge on any atom is 0.124 e. The average Bonchev–Trinajstić information content (AvgIpc) is 2.46. The first kappa shape index (κ1) is 18.2. The fourth-order valence-electron chi connectivity index (χ4n) is 2.75. The first-order valence-corrected chi connectivity index (χ1v) is 7.48. The minimum Gasteiger partial charge on any atom is -0.491 e. The number of ether oxygens (including phenoxy) is 1. The predicted octanol–water partition coefficient (Wildman–Crippen LogP) is 3.20. The maximum absolute atomic E-state index is 13.0. The summed E-state index contributed by atoms with van der Waals surface area (Å²) < 4.78 is 18.9. The van der Waals surface area contributed by atoms with Crippen LogP contribution in [0.1, 0.15) is 31.9 Å². The van der Waals surface area contributed by atoms with Crippen molar-refractivity contribution in [2.24, 2.45) is 0 Å². The van der Waals surface area contributed by atoms with Crippen molar-refractivity contribution in [2.75, 3.05) is 32.9 Å². The summed E-state index contributed by atoms with van der Waals surface area (Å²) in [5.74, 6) is 0.888. The van der Waals surface area contributed by atoms with Crippen molar-refractivity contribution in [1.29, 1.82) is 0 Å². The van der Waals surface area contributed by atoms with Crippen molar-refractivity contribution in [3.8, 4) is 5.75 Å². The lowest BCUT2D eigenvalue weighted by Gasteiger charge is -2.35. The topological polar surface area (TPSA) is 24.5 Å². The van der Waals surface area contributed by atoms with E-state index in [0.717, 1.165) is 37.5 Å². The summed E-state index contributed by atoms with van der Waals surface area (Å²) in [5.41, 5.74) is 1.11. The highest BCUT2D eigenvalue weighted by Crippen LogP contribution is 2.32. The molecule has 5 heteroatoms. The van der Waals surface area contributed by atoms with Gasteiger partial charge < -0.3 is 10.1 Å². The van der Waals surface area contributed by atoms with Gasteiger partial charge in [0.05, 0.1) is 12.8 Å². The summed E-state index contributed by atoms with van der Waals surface area (Å²) in [7, 11) is 0. The van der Waals surface area contributed by atoms with Crippen LogP contribution in [-0.4, -0.2) is 43.9 Å². The number of alkyl halides is 1. The van der Waals surface area contributed by atoms with Gasteiger partial charge in [0, 0.05) is 37.8 Å². The third-order valence-corrected chi connectivity index (χ3v) is 3.62. The van der Waals surface area contributed by atoms with Gasteiger partial charge in [0.15, 0.2) is 0 Å². The van der Waals surface area contributed by atoms with Crippen LogP contribution in [0.2, 0.25) is 0 Å². The van der Waals surface area contributed by atoms with Crippen LogP contribution in [0.15, 0.2) is 24.3 Å². The van der Waals surface area contributed by atoms with Crippen molar-refractivity contribution in [2.45, 2.75) is 32.4 Å². The summed E-state index contributed by atoms with van der Waals surface area (Å²) in [4.78, 5) is 2.36. The van der Waals surface area contributed by atoms with Crippen molar-refractivity contribution in [3.63, 3.8) is 0 Å². The van der Waals surface area contributed by atoms with Crippen LogP contribution < -0.4 is 10.1 Å². The van der Waals surface area contributed by atoms with E-state index in [4.69, 9.17) is 4.74 Å². The number of nitrogens with zero attached hydrogens (tertiary/aromatic N) is 1. The van der Waals surface area contributed by atoms with Gasteiger partial charge in [-0.1, -0.05) is 18.2 Å². The Morgan fingerprint density at radius 1 is 1.24 bits per heavy atom. The Kier molecular flexibility index (Phi) is 8.01. The normalized spacial score (nSPS) is 17.3. The molecule has 21 heavy (non-hydrogen) atoms. The van der Waals surface area contributed by atoms with E-state index in [9.17, 15) is 4.39 Å². The van der Waals surface area contributed by atoms with Crippen molar-refractivity contribution in [1.82, 2.24) is 10.2 Å². The fraction of sp³-hybridized carbons (Fsp3) is 0.625. The van der Waals surface area contributed by atoms with E-state index in [1.807, 2.05) is 32.0 Å². The van der Waals surface area contributed by atoms with Crippen LogP contribution >= 0.6 is 12.4 Å². The largest absolute Gasteiger partial charge is 0.491 e.